The van der Waals surface area contributed by atoms with Crippen LogP contribution in [0, 0.1) is 0 Å². The second-order valence-corrected chi connectivity index (χ2v) is 6.61. The highest BCUT2D eigenvalue weighted by molar-refractivity contribution is 5.82. The van der Waals surface area contributed by atoms with Crippen LogP contribution in [-0.4, -0.2) is 21.7 Å². The molecule has 0 unspecified atom stereocenters. The fraction of sp³-hybridized carbons (Fsp3) is 0.143. The number of benzene rings is 2. The van der Waals surface area contributed by atoms with Crippen molar-refractivity contribution in [3.63, 3.8) is 0 Å². The van der Waals surface area contributed by atoms with Crippen molar-refractivity contribution >= 4 is 22.5 Å². The molecule has 2 aromatic heterocycles. The molecule has 7 heteroatoms. The van der Waals surface area contributed by atoms with Gasteiger partial charge in [0.1, 0.15) is 12.1 Å². The minimum Gasteiger partial charge on any atom is -0.454 e. The number of nitrogens with one attached hydrogen (secondary N) is 1. The first kappa shape index (κ1) is 16.4. The Labute approximate surface area is 159 Å². The van der Waals surface area contributed by atoms with Crippen LogP contribution in [0.15, 0.2) is 65.6 Å². The molecule has 1 aliphatic heterocycles. The van der Waals surface area contributed by atoms with E-state index >= 15 is 0 Å². The standard InChI is InChI=1S/C21H17N3O4/c25-20(22-11-14-7-8-18-19(10-14)28-13-27-18)12-24-16-5-2-1-4-15(16)23-9-3-6-17(23)21(24)26/h1-10H,11-13H2,(H,22,25). The number of amides is 1. The predicted molar refractivity (Wildman–Crippen MR) is 104 cm³/mol. The van der Waals surface area contributed by atoms with Crippen molar-refractivity contribution < 1.29 is 14.3 Å². The van der Waals surface area contributed by atoms with Crippen LogP contribution in [0.1, 0.15) is 5.56 Å². The summed E-state index contributed by atoms with van der Waals surface area (Å²) in [7, 11) is 0. The van der Waals surface area contributed by atoms with Crippen molar-refractivity contribution in [2.75, 3.05) is 6.79 Å². The summed E-state index contributed by atoms with van der Waals surface area (Å²) in [5, 5.41) is 2.87. The van der Waals surface area contributed by atoms with Crippen molar-refractivity contribution in [2.24, 2.45) is 0 Å². The molecule has 0 aliphatic carbocycles. The number of hydrogen-bond donors (Lipinski definition) is 1. The van der Waals surface area contributed by atoms with Gasteiger partial charge in [-0.1, -0.05) is 18.2 Å². The van der Waals surface area contributed by atoms with E-state index in [1.165, 1.54) is 4.57 Å². The normalized spacial score (nSPS) is 12.6. The maximum absolute atomic E-state index is 12.9. The number of hydrogen-bond acceptors (Lipinski definition) is 4. The predicted octanol–water partition coefficient (Wildman–Crippen LogP) is 2.30. The molecular weight excluding hydrogens is 358 g/mol. The summed E-state index contributed by atoms with van der Waals surface area (Å²) in [6.07, 6.45) is 1.85. The largest absolute Gasteiger partial charge is 0.454 e. The lowest BCUT2D eigenvalue weighted by molar-refractivity contribution is -0.121. The van der Waals surface area contributed by atoms with Gasteiger partial charge in [-0.05, 0) is 42.0 Å². The quantitative estimate of drug-likeness (QED) is 0.594. The fourth-order valence-electron chi connectivity index (χ4n) is 3.52. The SMILES string of the molecule is O=C(Cn1c(=O)c2cccn2c2ccccc21)NCc1ccc2c(c1)OCO2. The summed E-state index contributed by atoms with van der Waals surface area (Å²) in [6.45, 7) is 0.504. The molecule has 0 atom stereocenters. The topological polar surface area (TPSA) is 74.0 Å². The van der Waals surface area contributed by atoms with E-state index in [9.17, 15) is 9.59 Å². The molecule has 7 nitrogen and oxygen atoms in total. The molecule has 2 aromatic carbocycles. The van der Waals surface area contributed by atoms with Gasteiger partial charge in [0.15, 0.2) is 11.5 Å². The molecule has 0 fully saturated rings. The smallest absolute Gasteiger partial charge is 0.275 e. The van der Waals surface area contributed by atoms with Gasteiger partial charge in [0.25, 0.3) is 5.56 Å². The van der Waals surface area contributed by atoms with E-state index in [1.807, 2.05) is 59.1 Å². The number of para-hydroxylation sites is 2. The summed E-state index contributed by atoms with van der Waals surface area (Å²) < 4.78 is 14.0. The first-order valence-electron chi connectivity index (χ1n) is 8.94. The maximum Gasteiger partial charge on any atom is 0.275 e. The van der Waals surface area contributed by atoms with Crippen LogP contribution in [0.3, 0.4) is 0 Å². The summed E-state index contributed by atoms with van der Waals surface area (Å²) >= 11 is 0. The van der Waals surface area contributed by atoms with Gasteiger partial charge in [-0.25, -0.2) is 0 Å². The monoisotopic (exact) mass is 375 g/mol. The Morgan fingerprint density at radius 1 is 0.964 bits per heavy atom. The summed E-state index contributed by atoms with van der Waals surface area (Å²) in [5.41, 5.74) is 2.85. The highest BCUT2D eigenvalue weighted by atomic mass is 16.7. The molecule has 4 aromatic rings. The zero-order valence-electron chi connectivity index (χ0n) is 14.9. The second-order valence-electron chi connectivity index (χ2n) is 6.61. The van der Waals surface area contributed by atoms with Gasteiger partial charge >= 0.3 is 0 Å². The van der Waals surface area contributed by atoms with Crippen LogP contribution in [0.25, 0.3) is 16.6 Å². The molecule has 0 saturated heterocycles. The average Bonchev–Trinajstić information content (AvgIpc) is 3.38. The Balaban J connectivity index is 1.41. The summed E-state index contributed by atoms with van der Waals surface area (Å²) in [5.74, 6) is 1.14. The number of carbonyl (C=O) groups excluding carboxylic acids is 1. The van der Waals surface area contributed by atoms with Gasteiger partial charge in [0, 0.05) is 12.7 Å². The van der Waals surface area contributed by atoms with Gasteiger partial charge < -0.3 is 19.2 Å². The first-order valence-corrected chi connectivity index (χ1v) is 8.94. The zero-order chi connectivity index (χ0) is 19.1. The van der Waals surface area contributed by atoms with Crippen LogP contribution < -0.4 is 20.3 Å². The minimum absolute atomic E-state index is 0.0500. The molecule has 0 radical (unpaired) electrons. The van der Waals surface area contributed by atoms with Crippen LogP contribution in [0.5, 0.6) is 11.5 Å². The number of fused-ring (bicyclic) bond motifs is 4. The fourth-order valence-corrected chi connectivity index (χ4v) is 3.52. The molecule has 1 aliphatic rings. The van der Waals surface area contributed by atoms with E-state index in [1.54, 1.807) is 6.07 Å². The highest BCUT2D eigenvalue weighted by Crippen LogP contribution is 2.32. The van der Waals surface area contributed by atoms with Gasteiger partial charge in [0.05, 0.1) is 11.0 Å². The van der Waals surface area contributed by atoms with Gasteiger partial charge in [-0.15, -0.1) is 0 Å². The highest BCUT2D eigenvalue weighted by Gasteiger charge is 2.15. The Bertz CT molecular complexity index is 1270. The second kappa shape index (κ2) is 6.45. The van der Waals surface area contributed by atoms with E-state index in [4.69, 9.17) is 9.47 Å². The van der Waals surface area contributed by atoms with E-state index in [0.717, 1.165) is 16.6 Å². The van der Waals surface area contributed by atoms with Gasteiger partial charge in [-0.3, -0.25) is 14.2 Å². The molecular formula is C21H17N3O4. The van der Waals surface area contributed by atoms with E-state index in [0.29, 0.717) is 23.6 Å². The Morgan fingerprint density at radius 3 is 2.64 bits per heavy atom. The number of nitrogens with zero attached hydrogens (tertiary/aromatic N) is 2. The Morgan fingerprint density at radius 2 is 1.75 bits per heavy atom. The van der Waals surface area contributed by atoms with Crippen LogP contribution in [0.4, 0.5) is 0 Å². The lowest BCUT2D eigenvalue weighted by Crippen LogP contribution is -2.32. The Kier molecular flexibility index (Phi) is 3.79. The summed E-state index contributed by atoms with van der Waals surface area (Å²) in [4.78, 5) is 25.4. The molecule has 1 amide bonds. The number of carbonyl (C=O) groups is 1. The Hall–Kier alpha value is -3.74. The third kappa shape index (κ3) is 2.68. The molecule has 28 heavy (non-hydrogen) atoms. The van der Waals surface area contributed by atoms with Crippen molar-refractivity contribution in [1.29, 1.82) is 0 Å². The zero-order valence-corrected chi connectivity index (χ0v) is 14.9. The van der Waals surface area contributed by atoms with Gasteiger partial charge in [-0.2, -0.15) is 0 Å². The van der Waals surface area contributed by atoms with Gasteiger partial charge in [0.2, 0.25) is 12.7 Å². The maximum atomic E-state index is 12.9. The van der Waals surface area contributed by atoms with Crippen molar-refractivity contribution in [3.8, 4) is 11.5 Å². The molecule has 140 valence electrons. The van der Waals surface area contributed by atoms with E-state index in [2.05, 4.69) is 5.32 Å². The lowest BCUT2D eigenvalue weighted by atomic mass is 10.2. The van der Waals surface area contributed by atoms with Crippen molar-refractivity contribution in [3.05, 3.63) is 76.7 Å². The molecule has 0 bridgehead atoms. The minimum atomic E-state index is -0.235. The summed E-state index contributed by atoms with van der Waals surface area (Å²) in [6, 6.07) is 16.7. The van der Waals surface area contributed by atoms with Crippen molar-refractivity contribution in [1.82, 2.24) is 14.3 Å². The third-order valence-corrected chi connectivity index (χ3v) is 4.87. The number of ether oxygens (including phenoxy) is 2. The van der Waals surface area contributed by atoms with Crippen molar-refractivity contribution in [2.45, 2.75) is 13.1 Å². The van der Waals surface area contributed by atoms with Crippen LogP contribution in [0.2, 0.25) is 0 Å². The van der Waals surface area contributed by atoms with E-state index in [-0.39, 0.29) is 24.8 Å². The number of aromatic nitrogens is 2. The molecule has 0 spiro atoms. The number of rotatable bonds is 4. The first-order chi connectivity index (χ1) is 13.7. The van der Waals surface area contributed by atoms with Crippen LogP contribution >= 0.6 is 0 Å². The molecule has 3 heterocycles. The average molecular weight is 375 g/mol. The third-order valence-electron chi connectivity index (χ3n) is 4.87. The lowest BCUT2D eigenvalue weighted by Gasteiger charge is -2.13. The van der Waals surface area contributed by atoms with E-state index < -0.39 is 0 Å². The molecule has 0 saturated carbocycles. The molecule has 5 rings (SSSR count). The molecule has 1 N–H and O–H groups in total. The van der Waals surface area contributed by atoms with Crippen LogP contribution in [-0.2, 0) is 17.9 Å².